The zero-order valence-electron chi connectivity index (χ0n) is 15.9. The van der Waals surface area contributed by atoms with Crippen LogP contribution in [0.25, 0.3) is 10.6 Å². The van der Waals surface area contributed by atoms with E-state index in [9.17, 15) is 4.79 Å². The van der Waals surface area contributed by atoms with E-state index < -0.39 is 0 Å². The second-order valence-corrected chi connectivity index (χ2v) is 8.28. The molecular weight excluding hydrogens is 360 g/mol. The molecule has 1 aliphatic carbocycles. The first-order chi connectivity index (χ1) is 13.2. The lowest BCUT2D eigenvalue weighted by molar-refractivity contribution is 0.0516. The first-order valence-electron chi connectivity index (χ1n) is 9.67. The van der Waals surface area contributed by atoms with Gasteiger partial charge in [-0.1, -0.05) is 25.3 Å². The summed E-state index contributed by atoms with van der Waals surface area (Å²) < 4.78 is 10.9. The molecule has 1 aromatic heterocycles. The first-order valence-corrected chi connectivity index (χ1v) is 10.6. The number of carbonyl (C=O) groups excluding carboxylic acids is 1. The van der Waals surface area contributed by atoms with Crippen molar-refractivity contribution in [1.82, 2.24) is 9.88 Å². The van der Waals surface area contributed by atoms with Crippen LogP contribution in [0.4, 0.5) is 0 Å². The van der Waals surface area contributed by atoms with E-state index in [0.29, 0.717) is 23.1 Å². The zero-order valence-corrected chi connectivity index (χ0v) is 16.8. The Kier molecular flexibility index (Phi) is 5.34. The largest absolute Gasteiger partial charge is 0.493 e. The fourth-order valence-corrected chi connectivity index (χ4v) is 5.31. The molecule has 144 valence electrons. The van der Waals surface area contributed by atoms with Crippen LogP contribution < -0.4 is 9.47 Å². The average Bonchev–Trinajstić information content (AvgIpc) is 3.22. The molecule has 2 aromatic rings. The molecule has 1 amide bonds. The summed E-state index contributed by atoms with van der Waals surface area (Å²) in [7, 11) is 3.24. The van der Waals surface area contributed by atoms with E-state index in [4.69, 9.17) is 9.47 Å². The number of carbonyl (C=O) groups is 1. The second kappa shape index (κ2) is 7.89. The van der Waals surface area contributed by atoms with Gasteiger partial charge in [0.1, 0.15) is 10.7 Å². The van der Waals surface area contributed by atoms with Crippen molar-refractivity contribution in [3.8, 4) is 22.1 Å². The molecule has 2 unspecified atom stereocenters. The second-order valence-electron chi connectivity index (χ2n) is 7.42. The number of aromatic nitrogens is 1. The Labute approximate surface area is 164 Å². The highest BCUT2D eigenvalue weighted by molar-refractivity contribution is 7.13. The van der Waals surface area contributed by atoms with E-state index in [2.05, 4.69) is 4.98 Å². The van der Waals surface area contributed by atoms with Crippen LogP contribution in [0, 0.1) is 11.8 Å². The monoisotopic (exact) mass is 386 g/mol. The quantitative estimate of drug-likeness (QED) is 0.777. The molecule has 1 aliphatic heterocycles. The molecule has 1 saturated heterocycles. The van der Waals surface area contributed by atoms with Gasteiger partial charge >= 0.3 is 0 Å². The fraction of sp³-hybridized carbons (Fsp3) is 0.524. The maximum absolute atomic E-state index is 13.0. The molecule has 2 fully saturated rings. The molecule has 4 rings (SSSR count). The Hall–Kier alpha value is -2.08. The van der Waals surface area contributed by atoms with Gasteiger partial charge < -0.3 is 14.4 Å². The molecule has 1 aromatic carbocycles. The number of ether oxygens (including phenoxy) is 2. The normalized spacial score (nSPS) is 22.2. The van der Waals surface area contributed by atoms with Gasteiger partial charge in [-0.25, -0.2) is 4.98 Å². The molecule has 2 aliphatic rings. The number of hydrogen-bond acceptors (Lipinski definition) is 5. The zero-order chi connectivity index (χ0) is 18.8. The van der Waals surface area contributed by atoms with Crippen molar-refractivity contribution >= 4 is 17.2 Å². The minimum absolute atomic E-state index is 0.0587. The van der Waals surface area contributed by atoms with Gasteiger partial charge in [-0.05, 0) is 36.8 Å². The van der Waals surface area contributed by atoms with E-state index >= 15 is 0 Å². The van der Waals surface area contributed by atoms with Gasteiger partial charge in [-0.2, -0.15) is 0 Å². The molecule has 0 bridgehead atoms. The lowest BCUT2D eigenvalue weighted by Crippen LogP contribution is -2.44. The first kappa shape index (κ1) is 18.3. The third-order valence-corrected chi connectivity index (χ3v) is 6.81. The number of benzene rings is 1. The number of nitrogens with zero attached hydrogens (tertiary/aromatic N) is 2. The minimum atomic E-state index is 0.0587. The van der Waals surface area contributed by atoms with Crippen molar-refractivity contribution in [3.63, 3.8) is 0 Å². The number of likely N-dealkylation sites (tertiary alicyclic amines) is 1. The van der Waals surface area contributed by atoms with Crippen LogP contribution in [-0.2, 0) is 0 Å². The molecule has 27 heavy (non-hydrogen) atoms. The molecular formula is C21H26N2O3S. The van der Waals surface area contributed by atoms with Gasteiger partial charge in [0, 0.05) is 18.5 Å². The number of hydrogen-bond donors (Lipinski definition) is 0. The molecule has 0 N–H and O–H groups in total. The molecule has 0 spiro atoms. The van der Waals surface area contributed by atoms with Crippen LogP contribution >= 0.6 is 11.3 Å². The number of thiazole rings is 1. The smallest absolute Gasteiger partial charge is 0.273 e. The SMILES string of the molecule is COc1cccc(-c2nc(C(=O)N3CCC4CCCCC4C3)cs2)c1OC. The molecule has 5 nitrogen and oxygen atoms in total. The number of para-hydroxylation sites is 1. The lowest BCUT2D eigenvalue weighted by Gasteiger charge is -2.41. The van der Waals surface area contributed by atoms with Gasteiger partial charge in [0.2, 0.25) is 0 Å². The average molecular weight is 387 g/mol. The highest BCUT2D eigenvalue weighted by Crippen LogP contribution is 2.40. The van der Waals surface area contributed by atoms with Crippen molar-refractivity contribution in [2.24, 2.45) is 11.8 Å². The molecule has 6 heteroatoms. The number of rotatable bonds is 4. The van der Waals surface area contributed by atoms with E-state index in [1.807, 2.05) is 28.5 Å². The summed E-state index contributed by atoms with van der Waals surface area (Å²) >= 11 is 1.47. The van der Waals surface area contributed by atoms with E-state index in [0.717, 1.165) is 36.0 Å². The summed E-state index contributed by atoms with van der Waals surface area (Å²) in [4.78, 5) is 19.7. The van der Waals surface area contributed by atoms with Crippen molar-refractivity contribution in [1.29, 1.82) is 0 Å². The summed E-state index contributed by atoms with van der Waals surface area (Å²) in [5.74, 6) is 2.86. The molecule has 2 atom stereocenters. The summed E-state index contributed by atoms with van der Waals surface area (Å²) in [6, 6.07) is 5.71. The third-order valence-electron chi connectivity index (χ3n) is 5.94. The minimum Gasteiger partial charge on any atom is -0.493 e. The predicted molar refractivity (Wildman–Crippen MR) is 107 cm³/mol. The Morgan fingerprint density at radius 3 is 2.74 bits per heavy atom. The van der Waals surface area contributed by atoms with E-state index in [-0.39, 0.29) is 5.91 Å². The number of piperidine rings is 1. The van der Waals surface area contributed by atoms with Crippen LogP contribution in [0.5, 0.6) is 11.5 Å². The molecule has 0 radical (unpaired) electrons. The summed E-state index contributed by atoms with van der Waals surface area (Å²) in [6.45, 7) is 1.74. The van der Waals surface area contributed by atoms with Gasteiger partial charge in [-0.3, -0.25) is 4.79 Å². The van der Waals surface area contributed by atoms with Crippen LogP contribution in [0.2, 0.25) is 0 Å². The van der Waals surface area contributed by atoms with Crippen molar-refractivity contribution in [2.45, 2.75) is 32.1 Å². The molecule has 1 saturated carbocycles. The van der Waals surface area contributed by atoms with E-state index in [1.54, 1.807) is 14.2 Å². The summed E-state index contributed by atoms with van der Waals surface area (Å²) in [5, 5.41) is 2.64. The van der Waals surface area contributed by atoms with Crippen molar-refractivity contribution in [2.75, 3.05) is 27.3 Å². The lowest BCUT2D eigenvalue weighted by atomic mass is 9.75. The van der Waals surface area contributed by atoms with Gasteiger partial charge in [0.05, 0.1) is 19.8 Å². The van der Waals surface area contributed by atoms with Crippen LogP contribution in [0.3, 0.4) is 0 Å². The van der Waals surface area contributed by atoms with Crippen molar-refractivity contribution < 1.29 is 14.3 Å². The highest BCUT2D eigenvalue weighted by Gasteiger charge is 2.33. The Morgan fingerprint density at radius 1 is 1.15 bits per heavy atom. The number of fused-ring (bicyclic) bond motifs is 1. The topological polar surface area (TPSA) is 51.7 Å². The Balaban J connectivity index is 1.54. The standard InChI is InChI=1S/C21H26N2O3S/c1-25-18-9-5-8-16(19(18)26-2)20-22-17(13-27-20)21(24)23-11-10-14-6-3-4-7-15(14)12-23/h5,8-9,13-15H,3-4,6-7,10-12H2,1-2H3. The number of amides is 1. The Morgan fingerprint density at radius 2 is 1.96 bits per heavy atom. The highest BCUT2D eigenvalue weighted by atomic mass is 32.1. The van der Waals surface area contributed by atoms with Crippen LogP contribution in [0.15, 0.2) is 23.6 Å². The fourth-order valence-electron chi connectivity index (χ4n) is 4.50. The van der Waals surface area contributed by atoms with Crippen molar-refractivity contribution in [3.05, 3.63) is 29.3 Å². The van der Waals surface area contributed by atoms with Gasteiger partial charge in [-0.15, -0.1) is 11.3 Å². The predicted octanol–water partition coefficient (Wildman–Crippen LogP) is 4.48. The van der Waals surface area contributed by atoms with E-state index in [1.165, 1.54) is 37.0 Å². The maximum atomic E-state index is 13.0. The molecule has 2 heterocycles. The Bertz CT molecular complexity index is 820. The maximum Gasteiger partial charge on any atom is 0.273 e. The van der Waals surface area contributed by atoms with Crippen LogP contribution in [-0.4, -0.2) is 43.1 Å². The van der Waals surface area contributed by atoms with Crippen LogP contribution in [0.1, 0.15) is 42.6 Å². The number of methoxy groups -OCH3 is 2. The summed E-state index contributed by atoms with van der Waals surface area (Å²) in [6.07, 6.45) is 6.39. The summed E-state index contributed by atoms with van der Waals surface area (Å²) in [5.41, 5.74) is 1.39. The van der Waals surface area contributed by atoms with Gasteiger partial charge in [0.15, 0.2) is 11.5 Å². The van der Waals surface area contributed by atoms with Gasteiger partial charge in [0.25, 0.3) is 5.91 Å². The third kappa shape index (κ3) is 3.55.